The second-order valence-corrected chi connectivity index (χ2v) is 15.8. The Morgan fingerprint density at radius 1 is 0.375 bits per heavy atom. The highest BCUT2D eigenvalue weighted by molar-refractivity contribution is 7.21. The molecule has 0 bridgehead atoms. The third kappa shape index (κ3) is 4.99. The van der Waals surface area contributed by atoms with Gasteiger partial charge in [-0.15, -0.1) is 0 Å². The molecule has 0 spiro atoms. The summed E-state index contributed by atoms with van der Waals surface area (Å²) < 4.78 is 18.8. The molecule has 0 radical (unpaired) electrons. The predicted octanol–water partition coefficient (Wildman–Crippen LogP) is 9.36. The van der Waals surface area contributed by atoms with Crippen molar-refractivity contribution in [1.29, 1.82) is 0 Å². The summed E-state index contributed by atoms with van der Waals surface area (Å²) >= 11 is 0. The van der Waals surface area contributed by atoms with Gasteiger partial charge in [0.15, 0.2) is 8.07 Å². The van der Waals surface area contributed by atoms with Crippen molar-refractivity contribution < 1.29 is 4.39 Å². The summed E-state index contributed by atoms with van der Waals surface area (Å²) in [5, 5.41) is 6.49. The van der Waals surface area contributed by atoms with Crippen LogP contribution in [0, 0.1) is 5.82 Å². The molecule has 0 atom stereocenters. The van der Waals surface area contributed by atoms with E-state index in [2.05, 4.69) is 146 Å². The van der Waals surface area contributed by atoms with Gasteiger partial charge in [0, 0.05) is 5.56 Å². The van der Waals surface area contributed by atoms with Gasteiger partial charge in [-0.1, -0.05) is 194 Å². The zero-order chi connectivity index (χ0) is 32.3. The lowest BCUT2D eigenvalue weighted by atomic mass is 9.90. The van der Waals surface area contributed by atoms with Crippen molar-refractivity contribution >= 4 is 39.6 Å². The van der Waals surface area contributed by atoms with Crippen LogP contribution in [0.2, 0.25) is 0 Å². The van der Waals surface area contributed by atoms with Gasteiger partial charge in [0.2, 0.25) is 0 Å². The SMILES string of the molecule is Fc1c(-c2ccccc2)c(-c2ccccc2)cc(-c2ccccc2)c1[Si](c1ccccc1)(c1ccccc1)c1cccc2ccccc12. The molecule has 2 heteroatoms. The molecule has 0 aromatic heterocycles. The molecule has 48 heavy (non-hydrogen) atoms. The average Bonchev–Trinajstić information content (AvgIpc) is 3.17. The normalized spacial score (nSPS) is 11.4. The van der Waals surface area contributed by atoms with Gasteiger partial charge in [0.25, 0.3) is 0 Å². The summed E-state index contributed by atoms with van der Waals surface area (Å²) in [6, 6.07) is 69.4. The zero-order valence-corrected chi connectivity index (χ0v) is 27.4. The lowest BCUT2D eigenvalue weighted by Crippen LogP contribution is -2.76. The highest BCUT2D eigenvalue weighted by Crippen LogP contribution is 2.38. The van der Waals surface area contributed by atoms with Crippen LogP contribution in [0.3, 0.4) is 0 Å². The molecule has 8 aromatic rings. The van der Waals surface area contributed by atoms with E-state index in [1.165, 1.54) is 5.19 Å². The Bertz CT molecular complexity index is 2270. The van der Waals surface area contributed by atoms with E-state index < -0.39 is 8.07 Å². The van der Waals surface area contributed by atoms with Crippen LogP contribution in [0.5, 0.6) is 0 Å². The first-order chi connectivity index (χ1) is 23.8. The summed E-state index contributed by atoms with van der Waals surface area (Å²) in [6.45, 7) is 0. The number of benzene rings is 8. The molecular weight excluding hydrogens is 600 g/mol. The van der Waals surface area contributed by atoms with E-state index in [9.17, 15) is 0 Å². The Hall–Kier alpha value is -5.83. The minimum atomic E-state index is -3.40. The highest BCUT2D eigenvalue weighted by atomic mass is 28.3. The van der Waals surface area contributed by atoms with Gasteiger partial charge in [-0.25, -0.2) is 4.39 Å². The fourth-order valence-corrected chi connectivity index (χ4v) is 12.7. The van der Waals surface area contributed by atoms with Crippen molar-refractivity contribution in [1.82, 2.24) is 0 Å². The maximum absolute atomic E-state index is 18.8. The molecule has 0 heterocycles. The molecule has 0 aliphatic carbocycles. The first-order valence-corrected chi connectivity index (χ1v) is 18.4. The minimum absolute atomic E-state index is 0.172. The Balaban J connectivity index is 1.65. The van der Waals surface area contributed by atoms with E-state index in [0.717, 1.165) is 54.1 Å². The second kappa shape index (κ2) is 12.8. The van der Waals surface area contributed by atoms with Gasteiger partial charge in [-0.3, -0.25) is 0 Å². The molecular formula is C46H33FSi. The third-order valence-corrected chi connectivity index (χ3v) is 14.4. The molecule has 0 nitrogen and oxygen atoms in total. The monoisotopic (exact) mass is 632 g/mol. The van der Waals surface area contributed by atoms with Crippen LogP contribution in [-0.2, 0) is 0 Å². The molecule has 8 aromatic carbocycles. The van der Waals surface area contributed by atoms with E-state index in [1.807, 2.05) is 54.6 Å². The Morgan fingerprint density at radius 2 is 0.812 bits per heavy atom. The molecule has 0 saturated heterocycles. The number of rotatable bonds is 7. The molecule has 0 amide bonds. The first kappa shape index (κ1) is 29.6. The fourth-order valence-electron chi connectivity index (χ4n) is 7.42. The van der Waals surface area contributed by atoms with E-state index in [0.29, 0.717) is 5.56 Å². The Kier molecular flexibility index (Phi) is 7.85. The Labute approximate surface area is 282 Å². The molecule has 228 valence electrons. The van der Waals surface area contributed by atoms with Crippen molar-refractivity contribution in [2.75, 3.05) is 0 Å². The summed E-state index contributed by atoms with van der Waals surface area (Å²) in [4.78, 5) is 0. The smallest absolute Gasteiger partial charge is 0.184 e. The fraction of sp³-hybridized carbons (Fsp3) is 0. The molecule has 0 aliphatic rings. The van der Waals surface area contributed by atoms with Gasteiger partial charge in [0.1, 0.15) is 5.82 Å². The minimum Gasteiger partial charge on any atom is -0.206 e. The second-order valence-electron chi connectivity index (χ2n) is 12.1. The summed E-state index contributed by atoms with van der Waals surface area (Å²) in [7, 11) is -3.40. The molecule has 8 rings (SSSR count). The molecule has 0 saturated carbocycles. The van der Waals surface area contributed by atoms with E-state index in [4.69, 9.17) is 0 Å². The number of fused-ring (bicyclic) bond motifs is 1. The van der Waals surface area contributed by atoms with Crippen LogP contribution in [0.25, 0.3) is 44.2 Å². The third-order valence-electron chi connectivity index (χ3n) is 9.48. The Morgan fingerprint density at radius 3 is 1.38 bits per heavy atom. The lowest BCUT2D eigenvalue weighted by Gasteiger charge is -2.38. The van der Waals surface area contributed by atoms with Crippen LogP contribution in [0.4, 0.5) is 4.39 Å². The summed E-state index contributed by atoms with van der Waals surface area (Å²) in [6.07, 6.45) is 0. The van der Waals surface area contributed by atoms with E-state index >= 15 is 4.39 Å². The first-order valence-electron chi connectivity index (χ1n) is 16.4. The van der Waals surface area contributed by atoms with Crippen LogP contribution >= 0.6 is 0 Å². The molecule has 0 unspecified atom stereocenters. The standard InChI is InChI=1S/C46H33FSi/c47-45-44(37-24-10-3-11-25-37)41(35-19-6-1-7-20-35)33-42(36-21-8-2-9-22-36)46(45)48(38-27-12-4-13-28-38,39-29-14-5-15-30-39)43-32-18-26-34-23-16-17-31-40(34)43/h1-33H. The number of hydrogen-bond donors (Lipinski definition) is 0. The van der Waals surface area contributed by atoms with E-state index in [1.54, 1.807) is 0 Å². The van der Waals surface area contributed by atoms with Crippen LogP contribution in [0.15, 0.2) is 200 Å². The van der Waals surface area contributed by atoms with Gasteiger partial charge in [-0.2, -0.15) is 0 Å². The number of halogens is 1. The van der Waals surface area contributed by atoms with Crippen LogP contribution in [0.1, 0.15) is 0 Å². The van der Waals surface area contributed by atoms with Crippen molar-refractivity contribution in [3.05, 3.63) is 206 Å². The number of hydrogen-bond acceptors (Lipinski definition) is 0. The molecule has 0 N–H and O–H groups in total. The molecule has 0 aliphatic heterocycles. The maximum atomic E-state index is 18.8. The van der Waals surface area contributed by atoms with Gasteiger partial charge in [0.05, 0.1) is 0 Å². The van der Waals surface area contributed by atoms with Crippen molar-refractivity contribution in [2.45, 2.75) is 0 Å². The lowest BCUT2D eigenvalue weighted by molar-refractivity contribution is 0.639. The van der Waals surface area contributed by atoms with Gasteiger partial charge in [-0.05, 0) is 65.4 Å². The topological polar surface area (TPSA) is 0 Å². The highest BCUT2D eigenvalue weighted by Gasteiger charge is 2.47. The van der Waals surface area contributed by atoms with Gasteiger partial charge >= 0.3 is 0 Å². The van der Waals surface area contributed by atoms with Crippen molar-refractivity contribution in [3.8, 4) is 33.4 Å². The maximum Gasteiger partial charge on any atom is 0.184 e. The quantitative estimate of drug-likeness (QED) is 0.121. The predicted molar refractivity (Wildman–Crippen MR) is 204 cm³/mol. The average molecular weight is 633 g/mol. The van der Waals surface area contributed by atoms with Gasteiger partial charge < -0.3 is 0 Å². The molecule has 0 fully saturated rings. The van der Waals surface area contributed by atoms with Crippen LogP contribution in [-0.4, -0.2) is 8.07 Å². The van der Waals surface area contributed by atoms with Crippen molar-refractivity contribution in [2.24, 2.45) is 0 Å². The largest absolute Gasteiger partial charge is 0.206 e. The summed E-state index contributed by atoms with van der Waals surface area (Å²) in [5.74, 6) is -0.172. The summed E-state index contributed by atoms with van der Waals surface area (Å²) in [5.41, 5.74) is 5.25. The van der Waals surface area contributed by atoms with Crippen LogP contribution < -0.4 is 20.7 Å². The zero-order valence-electron chi connectivity index (χ0n) is 26.4. The van der Waals surface area contributed by atoms with E-state index in [-0.39, 0.29) is 5.82 Å². The van der Waals surface area contributed by atoms with Crippen molar-refractivity contribution in [3.63, 3.8) is 0 Å².